The van der Waals surface area contributed by atoms with E-state index < -0.39 is 0 Å². The van der Waals surface area contributed by atoms with Gasteiger partial charge >= 0.3 is 6.09 Å². The van der Waals surface area contributed by atoms with Crippen LogP contribution in [0.15, 0.2) is 49.1 Å². The van der Waals surface area contributed by atoms with E-state index in [4.69, 9.17) is 4.74 Å². The van der Waals surface area contributed by atoms with Gasteiger partial charge in [0.15, 0.2) is 0 Å². The van der Waals surface area contributed by atoms with Crippen LogP contribution in [0.1, 0.15) is 15.9 Å². The van der Waals surface area contributed by atoms with Crippen LogP contribution < -0.4 is 9.80 Å². The number of cyclic esters (lactones) is 1. The van der Waals surface area contributed by atoms with Crippen molar-refractivity contribution in [3.05, 3.63) is 60.2 Å². The molecule has 168 valence electrons. The third kappa shape index (κ3) is 3.23. The number of pyridine rings is 1. The molecule has 0 saturated carbocycles. The molecular weight excluding hydrogens is 420 g/mol. The van der Waals surface area contributed by atoms with Gasteiger partial charge in [0.05, 0.1) is 29.3 Å². The van der Waals surface area contributed by atoms with Gasteiger partial charge in [-0.3, -0.25) is 19.4 Å². The van der Waals surface area contributed by atoms with Crippen LogP contribution in [0.25, 0.3) is 11.1 Å². The zero-order valence-corrected chi connectivity index (χ0v) is 18.6. The van der Waals surface area contributed by atoms with Crippen molar-refractivity contribution in [3.8, 4) is 11.1 Å². The minimum Gasteiger partial charge on any atom is -0.444 e. The van der Waals surface area contributed by atoms with Crippen LogP contribution in [0, 0.1) is 5.41 Å². The molecule has 33 heavy (non-hydrogen) atoms. The van der Waals surface area contributed by atoms with Crippen molar-refractivity contribution in [1.82, 2.24) is 19.7 Å². The van der Waals surface area contributed by atoms with E-state index in [1.54, 1.807) is 24.1 Å². The van der Waals surface area contributed by atoms with E-state index in [-0.39, 0.29) is 24.0 Å². The maximum atomic E-state index is 12.6. The number of carbonyl (C=O) groups excluding carboxylic acids is 2. The Balaban J connectivity index is 1.13. The fraction of sp³-hybridized carbons (Fsp3) is 0.333. The van der Waals surface area contributed by atoms with Crippen LogP contribution in [0.2, 0.25) is 0 Å². The summed E-state index contributed by atoms with van der Waals surface area (Å²) in [4.78, 5) is 34.5. The lowest BCUT2D eigenvalue weighted by molar-refractivity contribution is -0.0105. The molecule has 0 unspecified atom stereocenters. The van der Waals surface area contributed by atoms with Gasteiger partial charge in [0, 0.05) is 69.2 Å². The van der Waals surface area contributed by atoms with Crippen LogP contribution >= 0.6 is 0 Å². The van der Waals surface area contributed by atoms with Crippen molar-refractivity contribution in [2.75, 3.05) is 43.0 Å². The molecule has 3 aliphatic heterocycles. The van der Waals surface area contributed by atoms with Crippen LogP contribution in [-0.2, 0) is 18.4 Å². The van der Waals surface area contributed by atoms with Gasteiger partial charge in [-0.25, -0.2) is 4.79 Å². The van der Waals surface area contributed by atoms with Crippen molar-refractivity contribution in [3.63, 3.8) is 0 Å². The summed E-state index contributed by atoms with van der Waals surface area (Å²) in [6, 6.07) is 8.18. The molecule has 1 spiro atoms. The molecule has 9 nitrogen and oxygen atoms in total. The van der Waals surface area contributed by atoms with Crippen LogP contribution in [0.3, 0.4) is 0 Å². The first-order chi connectivity index (χ1) is 15.9. The fourth-order valence-corrected chi connectivity index (χ4v) is 5.07. The summed E-state index contributed by atoms with van der Waals surface area (Å²) in [6.07, 6.45) is 6.81. The predicted molar refractivity (Wildman–Crippen MR) is 122 cm³/mol. The molecule has 1 aromatic carbocycles. The topological polar surface area (TPSA) is 83.8 Å². The molecule has 0 bridgehead atoms. The first-order valence-corrected chi connectivity index (χ1v) is 10.9. The zero-order valence-electron chi connectivity index (χ0n) is 18.6. The monoisotopic (exact) mass is 444 g/mol. The Morgan fingerprint density at radius 2 is 1.85 bits per heavy atom. The summed E-state index contributed by atoms with van der Waals surface area (Å²) >= 11 is 0. The van der Waals surface area contributed by atoms with E-state index in [9.17, 15) is 9.59 Å². The fourth-order valence-electron chi connectivity index (χ4n) is 5.07. The molecule has 2 amide bonds. The lowest BCUT2D eigenvalue weighted by atomic mass is 9.72. The number of aromatic nitrogens is 3. The van der Waals surface area contributed by atoms with Gasteiger partial charge < -0.3 is 14.5 Å². The van der Waals surface area contributed by atoms with Gasteiger partial charge in [0.1, 0.15) is 6.61 Å². The number of benzene rings is 1. The smallest absolute Gasteiger partial charge is 0.414 e. The average Bonchev–Trinajstić information content (AvgIpc) is 3.20. The van der Waals surface area contributed by atoms with Crippen molar-refractivity contribution < 1.29 is 14.3 Å². The molecule has 3 aromatic rings. The number of anilines is 2. The third-order valence-corrected chi connectivity index (χ3v) is 6.83. The standard InChI is InChI=1S/C24H24N6O3/c1-27-10-19(8-26-27)22(31)30-14-24(15-30)12-29(13-24)20-6-17(7-25-9-20)16-3-4-21-18(5-16)11-33-23(32)28(21)2/h3-10H,11-15H2,1-2H3. The second kappa shape index (κ2) is 7.06. The summed E-state index contributed by atoms with van der Waals surface area (Å²) in [7, 11) is 3.53. The molecule has 2 aromatic heterocycles. The molecule has 5 heterocycles. The Labute approximate surface area is 191 Å². The number of likely N-dealkylation sites (tertiary alicyclic amines) is 1. The first-order valence-electron chi connectivity index (χ1n) is 10.9. The molecule has 0 N–H and O–H groups in total. The summed E-state index contributed by atoms with van der Waals surface area (Å²) in [5.41, 5.74) is 5.82. The summed E-state index contributed by atoms with van der Waals surface area (Å²) in [6.45, 7) is 3.67. The Bertz CT molecular complexity index is 1270. The van der Waals surface area contributed by atoms with Crippen molar-refractivity contribution in [1.29, 1.82) is 0 Å². The highest BCUT2D eigenvalue weighted by atomic mass is 16.6. The summed E-state index contributed by atoms with van der Waals surface area (Å²) in [5.74, 6) is 0.0552. The number of hydrogen-bond donors (Lipinski definition) is 0. The van der Waals surface area contributed by atoms with Crippen molar-refractivity contribution in [2.45, 2.75) is 6.61 Å². The van der Waals surface area contributed by atoms with Gasteiger partial charge in [-0.1, -0.05) is 6.07 Å². The Morgan fingerprint density at radius 1 is 1.03 bits per heavy atom. The minimum absolute atomic E-state index is 0.0552. The van der Waals surface area contributed by atoms with Gasteiger partial charge in [0.25, 0.3) is 5.91 Å². The number of aryl methyl sites for hydroxylation is 1. The quantitative estimate of drug-likeness (QED) is 0.617. The molecule has 0 atom stereocenters. The number of fused-ring (bicyclic) bond motifs is 1. The van der Waals surface area contributed by atoms with Gasteiger partial charge in [-0.15, -0.1) is 0 Å². The maximum Gasteiger partial charge on any atom is 0.414 e. The van der Waals surface area contributed by atoms with E-state index in [0.717, 1.165) is 54.2 Å². The molecule has 2 fully saturated rings. The maximum absolute atomic E-state index is 12.6. The number of hydrogen-bond acceptors (Lipinski definition) is 6. The van der Waals surface area contributed by atoms with E-state index in [0.29, 0.717) is 5.56 Å². The second-order valence-corrected chi connectivity index (χ2v) is 9.31. The van der Waals surface area contributed by atoms with Gasteiger partial charge in [0.2, 0.25) is 0 Å². The van der Waals surface area contributed by atoms with Crippen molar-refractivity contribution >= 4 is 23.4 Å². The van der Waals surface area contributed by atoms with Crippen molar-refractivity contribution in [2.24, 2.45) is 12.5 Å². The average molecular weight is 444 g/mol. The number of nitrogens with zero attached hydrogens (tertiary/aromatic N) is 6. The van der Waals surface area contributed by atoms with Gasteiger partial charge in [-0.2, -0.15) is 5.10 Å². The Kier molecular flexibility index (Phi) is 4.23. The predicted octanol–water partition coefficient (Wildman–Crippen LogP) is 2.53. The van der Waals surface area contributed by atoms with E-state index >= 15 is 0 Å². The Hall–Kier alpha value is -3.88. The number of carbonyl (C=O) groups is 2. The molecule has 9 heteroatoms. The third-order valence-electron chi connectivity index (χ3n) is 6.83. The van der Waals surface area contributed by atoms with E-state index in [1.165, 1.54) is 4.90 Å². The highest BCUT2D eigenvalue weighted by Gasteiger charge is 2.53. The van der Waals surface area contributed by atoms with Crippen LogP contribution in [-0.4, -0.2) is 64.9 Å². The lowest BCUT2D eigenvalue weighted by Gasteiger charge is -2.60. The molecule has 6 rings (SSSR count). The van der Waals surface area contributed by atoms with Crippen LogP contribution in [0.4, 0.5) is 16.2 Å². The normalized spacial score (nSPS) is 18.5. The SMILES string of the molecule is CN1C(=O)OCc2cc(-c3cncc(N4CC5(CN(C(=O)c6cnn(C)c6)C5)C4)c3)ccc21. The molecule has 0 aliphatic carbocycles. The highest BCUT2D eigenvalue weighted by Crippen LogP contribution is 2.43. The van der Waals surface area contributed by atoms with E-state index in [1.807, 2.05) is 36.5 Å². The van der Waals surface area contributed by atoms with Gasteiger partial charge in [-0.05, 0) is 23.8 Å². The number of rotatable bonds is 3. The van der Waals surface area contributed by atoms with Crippen LogP contribution in [0.5, 0.6) is 0 Å². The molecular formula is C24H24N6O3. The largest absolute Gasteiger partial charge is 0.444 e. The number of ether oxygens (including phenoxy) is 1. The second-order valence-electron chi connectivity index (χ2n) is 9.31. The minimum atomic E-state index is -0.331. The Morgan fingerprint density at radius 3 is 2.61 bits per heavy atom. The molecule has 2 saturated heterocycles. The summed E-state index contributed by atoms with van der Waals surface area (Å²) < 4.78 is 6.88. The molecule has 0 radical (unpaired) electrons. The first kappa shape index (κ1) is 19.8. The molecule has 3 aliphatic rings. The lowest BCUT2D eigenvalue weighted by Crippen LogP contribution is -2.73. The zero-order chi connectivity index (χ0) is 22.7. The highest BCUT2D eigenvalue weighted by molar-refractivity contribution is 5.94. The number of amides is 2. The summed E-state index contributed by atoms with van der Waals surface area (Å²) in [5, 5.41) is 4.09. The van der Waals surface area contributed by atoms with E-state index in [2.05, 4.69) is 27.1 Å².